The van der Waals surface area contributed by atoms with Crippen molar-refractivity contribution in [2.45, 2.75) is 30.8 Å². The van der Waals surface area contributed by atoms with E-state index in [2.05, 4.69) is 0 Å². The molecular formula is C27H32N2O8S. The highest BCUT2D eigenvalue weighted by Gasteiger charge is 2.38. The van der Waals surface area contributed by atoms with Gasteiger partial charge in [-0.15, -0.1) is 0 Å². The van der Waals surface area contributed by atoms with Crippen molar-refractivity contribution in [3.8, 4) is 5.75 Å². The van der Waals surface area contributed by atoms with Gasteiger partial charge in [-0.2, -0.15) is 4.31 Å². The highest BCUT2D eigenvalue weighted by atomic mass is 32.2. The predicted molar refractivity (Wildman–Crippen MR) is 141 cm³/mol. The second kappa shape index (κ2) is 13.4. The predicted octanol–water partition coefficient (Wildman–Crippen LogP) is 4.48. The van der Waals surface area contributed by atoms with E-state index in [1.165, 1.54) is 49.9 Å². The number of hydrogen-bond donors (Lipinski definition) is 0. The molecule has 0 radical (unpaired) electrons. The number of sulfonamides is 1. The lowest BCUT2D eigenvalue weighted by Crippen LogP contribution is -2.43. The first-order chi connectivity index (χ1) is 18.2. The normalized spacial score (nSPS) is 12.6. The number of hydrogen-bond acceptors (Lipinski definition) is 8. The summed E-state index contributed by atoms with van der Waals surface area (Å²) in [6.45, 7) is 1.71. The second-order valence-corrected chi connectivity index (χ2v) is 10.4. The molecule has 0 aliphatic carbocycles. The largest absolute Gasteiger partial charge is 0.490 e. The first kappa shape index (κ1) is 29.2. The van der Waals surface area contributed by atoms with Crippen molar-refractivity contribution >= 4 is 15.7 Å². The minimum atomic E-state index is -4.17. The van der Waals surface area contributed by atoms with Crippen LogP contribution in [-0.2, 0) is 30.8 Å². The molecule has 1 unspecified atom stereocenters. The average molecular weight is 545 g/mol. The lowest BCUT2D eigenvalue weighted by molar-refractivity contribution is -0.385. The van der Waals surface area contributed by atoms with Crippen LogP contribution in [0.1, 0.15) is 22.7 Å². The first-order valence-electron chi connectivity index (χ1n) is 11.8. The molecule has 0 amide bonds. The standard InChI is InChI=1S/C27H32N2O8S/c1-20-13-15-22(16-14-20)38(32,33)28(17-26(34-2)35-3)25(19-37-18-21-9-6-5-7-10-21)23-11-8-12-24(29(30)31)27(23)36-4/h5-16,25-26H,17-19H2,1-4H3. The highest BCUT2D eigenvalue weighted by molar-refractivity contribution is 7.89. The molecule has 0 aliphatic rings. The SMILES string of the molecule is COc1c(C(COCc2ccccc2)N(CC(OC)OC)S(=O)(=O)c2ccc(C)cc2)cccc1[N+](=O)[O-]. The van der Waals surface area contributed by atoms with E-state index in [9.17, 15) is 18.5 Å². The van der Waals surface area contributed by atoms with Gasteiger partial charge >= 0.3 is 5.69 Å². The van der Waals surface area contributed by atoms with Gasteiger partial charge in [-0.3, -0.25) is 10.1 Å². The summed E-state index contributed by atoms with van der Waals surface area (Å²) in [4.78, 5) is 11.2. The van der Waals surface area contributed by atoms with Crippen LogP contribution in [0, 0.1) is 17.0 Å². The molecule has 0 saturated heterocycles. The summed E-state index contributed by atoms with van der Waals surface area (Å²) in [5.41, 5.74) is 1.76. The molecule has 3 rings (SSSR count). The quantitative estimate of drug-likeness (QED) is 0.166. The van der Waals surface area contributed by atoms with Crippen LogP contribution in [0.3, 0.4) is 0 Å². The number of benzene rings is 3. The van der Waals surface area contributed by atoms with Gasteiger partial charge in [0.2, 0.25) is 15.8 Å². The number of nitrogens with zero attached hydrogens (tertiary/aromatic N) is 2. The fourth-order valence-corrected chi connectivity index (χ4v) is 5.57. The zero-order valence-corrected chi connectivity index (χ0v) is 22.6. The Morgan fingerprint density at radius 1 is 0.921 bits per heavy atom. The summed E-state index contributed by atoms with van der Waals surface area (Å²) in [7, 11) is -0.0555. The van der Waals surface area contributed by atoms with Crippen molar-refractivity contribution < 1.29 is 32.3 Å². The van der Waals surface area contributed by atoms with Gasteiger partial charge in [0.15, 0.2) is 6.29 Å². The number of rotatable bonds is 14. The number of ether oxygens (including phenoxy) is 4. The lowest BCUT2D eigenvalue weighted by atomic mass is 10.0. The molecule has 204 valence electrons. The minimum Gasteiger partial charge on any atom is -0.490 e. The first-order valence-corrected chi connectivity index (χ1v) is 13.2. The number of methoxy groups -OCH3 is 3. The summed E-state index contributed by atoms with van der Waals surface area (Å²) in [6.07, 6.45) is -0.920. The van der Waals surface area contributed by atoms with E-state index >= 15 is 0 Å². The lowest BCUT2D eigenvalue weighted by Gasteiger charge is -2.33. The van der Waals surface area contributed by atoms with Crippen LogP contribution in [0.25, 0.3) is 0 Å². The summed E-state index contributed by atoms with van der Waals surface area (Å²) >= 11 is 0. The van der Waals surface area contributed by atoms with Gasteiger partial charge in [-0.25, -0.2) is 8.42 Å². The fourth-order valence-electron chi connectivity index (χ4n) is 3.99. The Bertz CT molecular complexity index is 1300. The molecule has 0 saturated carbocycles. The van der Waals surface area contributed by atoms with Crippen molar-refractivity contribution in [2.75, 3.05) is 34.5 Å². The number of nitro groups is 1. The summed E-state index contributed by atoms with van der Waals surface area (Å²) in [5, 5.41) is 11.8. The molecule has 0 spiro atoms. The van der Waals surface area contributed by atoms with Crippen molar-refractivity contribution in [3.05, 3.63) is 99.6 Å². The monoisotopic (exact) mass is 544 g/mol. The van der Waals surface area contributed by atoms with Crippen LogP contribution in [0.4, 0.5) is 5.69 Å². The maximum absolute atomic E-state index is 14.1. The molecule has 38 heavy (non-hydrogen) atoms. The van der Waals surface area contributed by atoms with E-state index in [0.29, 0.717) is 0 Å². The molecule has 1 atom stereocenters. The van der Waals surface area contributed by atoms with Gasteiger partial charge < -0.3 is 18.9 Å². The molecule has 11 heteroatoms. The maximum atomic E-state index is 14.1. The molecule has 0 heterocycles. The Labute approximate surface area is 222 Å². The molecule has 0 bridgehead atoms. The molecule has 3 aromatic carbocycles. The minimum absolute atomic E-state index is 0.0477. The Balaban J connectivity index is 2.15. The van der Waals surface area contributed by atoms with Crippen molar-refractivity contribution in [2.24, 2.45) is 0 Å². The zero-order chi connectivity index (χ0) is 27.7. The molecule has 0 fully saturated rings. The van der Waals surface area contributed by atoms with Crippen LogP contribution in [0.15, 0.2) is 77.7 Å². The van der Waals surface area contributed by atoms with Gasteiger partial charge in [-0.05, 0) is 24.6 Å². The Morgan fingerprint density at radius 3 is 2.16 bits per heavy atom. The van der Waals surface area contributed by atoms with Crippen LogP contribution in [0.2, 0.25) is 0 Å². The van der Waals surface area contributed by atoms with Gasteiger partial charge in [0.05, 0.1) is 42.7 Å². The van der Waals surface area contributed by atoms with E-state index in [1.807, 2.05) is 37.3 Å². The van der Waals surface area contributed by atoms with E-state index in [-0.39, 0.29) is 41.7 Å². The average Bonchev–Trinajstić information content (AvgIpc) is 2.92. The third-order valence-electron chi connectivity index (χ3n) is 6.00. The Kier molecular flexibility index (Phi) is 10.3. The molecule has 0 aliphatic heterocycles. The molecule has 10 nitrogen and oxygen atoms in total. The number of aryl methyl sites for hydroxylation is 1. The smallest absolute Gasteiger partial charge is 0.311 e. The van der Waals surface area contributed by atoms with E-state index in [4.69, 9.17) is 18.9 Å². The molecule has 0 aromatic heterocycles. The van der Waals surface area contributed by atoms with Crippen molar-refractivity contribution in [1.29, 1.82) is 0 Å². The molecule has 3 aromatic rings. The van der Waals surface area contributed by atoms with Gasteiger partial charge in [0.1, 0.15) is 0 Å². The van der Waals surface area contributed by atoms with Crippen LogP contribution < -0.4 is 4.74 Å². The number of para-hydroxylation sites is 1. The molecule has 0 N–H and O–H groups in total. The topological polar surface area (TPSA) is 117 Å². The van der Waals surface area contributed by atoms with Crippen molar-refractivity contribution in [1.82, 2.24) is 4.31 Å². The summed E-state index contributed by atoms with van der Waals surface area (Å²) in [5.74, 6) is -0.0544. The summed E-state index contributed by atoms with van der Waals surface area (Å²) in [6, 6.07) is 19.2. The second-order valence-electron chi connectivity index (χ2n) is 8.46. The van der Waals surface area contributed by atoms with E-state index in [1.54, 1.807) is 18.2 Å². The third kappa shape index (κ3) is 6.94. The zero-order valence-electron chi connectivity index (χ0n) is 21.8. The van der Waals surface area contributed by atoms with Gasteiger partial charge in [0.25, 0.3) is 0 Å². The Morgan fingerprint density at radius 2 is 1.58 bits per heavy atom. The maximum Gasteiger partial charge on any atom is 0.311 e. The number of nitro benzene ring substituents is 1. The third-order valence-corrected chi connectivity index (χ3v) is 7.89. The Hall–Kier alpha value is -3.35. The molecular weight excluding hydrogens is 512 g/mol. The van der Waals surface area contributed by atoms with Gasteiger partial charge in [-0.1, -0.05) is 60.2 Å². The van der Waals surface area contributed by atoms with Crippen LogP contribution in [-0.4, -0.2) is 58.4 Å². The van der Waals surface area contributed by atoms with Crippen LogP contribution in [0.5, 0.6) is 5.75 Å². The summed E-state index contributed by atoms with van der Waals surface area (Å²) < 4.78 is 51.5. The van der Waals surface area contributed by atoms with E-state index < -0.39 is 27.3 Å². The highest BCUT2D eigenvalue weighted by Crippen LogP contribution is 2.39. The van der Waals surface area contributed by atoms with Crippen LogP contribution >= 0.6 is 0 Å². The van der Waals surface area contributed by atoms with Gasteiger partial charge in [0, 0.05) is 25.8 Å². The van der Waals surface area contributed by atoms with Crippen molar-refractivity contribution in [3.63, 3.8) is 0 Å². The van der Waals surface area contributed by atoms with E-state index in [0.717, 1.165) is 11.1 Å². The fraction of sp³-hybridized carbons (Fsp3) is 0.333.